The first-order chi connectivity index (χ1) is 6.56. The van der Waals surface area contributed by atoms with Crippen LogP contribution in [0, 0.1) is 0 Å². The number of aliphatic hydroxyl groups is 1. The summed E-state index contributed by atoms with van der Waals surface area (Å²) in [6.45, 7) is 3.65. The minimum absolute atomic E-state index is 0.149. The fraction of sp³-hybridized carbons (Fsp3) is 0.455. The van der Waals surface area contributed by atoms with Crippen molar-refractivity contribution in [3.8, 4) is 5.75 Å². The van der Waals surface area contributed by atoms with Gasteiger partial charge in [-0.1, -0.05) is 19.1 Å². The van der Waals surface area contributed by atoms with Gasteiger partial charge in [0.1, 0.15) is 5.75 Å². The highest BCUT2D eigenvalue weighted by molar-refractivity contribution is 5.38. The summed E-state index contributed by atoms with van der Waals surface area (Å²) in [7, 11) is 0. The molecule has 3 heteroatoms. The molecule has 0 saturated heterocycles. The molecule has 0 aliphatic carbocycles. The van der Waals surface area contributed by atoms with Gasteiger partial charge in [-0.3, -0.25) is 0 Å². The fourth-order valence-electron chi connectivity index (χ4n) is 1.35. The monoisotopic (exact) mass is 195 g/mol. The summed E-state index contributed by atoms with van der Waals surface area (Å²) >= 11 is 0. The zero-order chi connectivity index (χ0) is 10.7. The smallest absolute Gasteiger partial charge is 0.120 e. The third-order valence-corrected chi connectivity index (χ3v) is 2.38. The molecule has 4 N–H and O–H groups in total. The first kappa shape index (κ1) is 11.0. The molecule has 0 amide bonds. The Morgan fingerprint density at radius 3 is 2.57 bits per heavy atom. The normalized spacial score (nSPS) is 15.1. The minimum atomic E-state index is -0.659. The lowest BCUT2D eigenvalue weighted by atomic mass is 9.99. The summed E-state index contributed by atoms with van der Waals surface area (Å²) in [5.74, 6) is 0.149. The Bertz CT molecular complexity index is 310. The van der Waals surface area contributed by atoms with Gasteiger partial charge < -0.3 is 15.9 Å². The van der Waals surface area contributed by atoms with Crippen LogP contribution in [0.4, 0.5) is 0 Å². The molecule has 0 fully saturated rings. The Labute approximate surface area is 84.2 Å². The van der Waals surface area contributed by atoms with Crippen molar-refractivity contribution in [2.24, 2.45) is 5.73 Å². The first-order valence-electron chi connectivity index (χ1n) is 4.81. The van der Waals surface area contributed by atoms with Crippen LogP contribution in [0.2, 0.25) is 0 Å². The van der Waals surface area contributed by atoms with E-state index in [1.54, 1.807) is 13.0 Å². The molecule has 2 atom stereocenters. The molecule has 1 aromatic rings. The van der Waals surface area contributed by atoms with Gasteiger partial charge in [0.2, 0.25) is 0 Å². The zero-order valence-corrected chi connectivity index (χ0v) is 8.57. The van der Waals surface area contributed by atoms with Gasteiger partial charge in [0.05, 0.1) is 12.1 Å². The second-order valence-corrected chi connectivity index (χ2v) is 3.51. The second kappa shape index (κ2) is 4.44. The van der Waals surface area contributed by atoms with Crippen molar-refractivity contribution in [3.05, 3.63) is 29.3 Å². The number of aromatic hydroxyl groups is 1. The number of benzene rings is 1. The number of phenolic OH excluding ortho intramolecular Hbond substituents is 1. The standard InChI is InChI=1S/C11H17NO2/c1-3-8-4-5-10(14)9(6-8)11(12)7(2)13/h4-7,11,13-14H,3,12H2,1-2H3/t7-,11-/m1/s1. The first-order valence-corrected chi connectivity index (χ1v) is 4.81. The Balaban J connectivity index is 3.05. The number of aliphatic hydroxyl groups excluding tert-OH is 1. The number of phenols is 1. The van der Waals surface area contributed by atoms with E-state index < -0.39 is 12.1 Å². The summed E-state index contributed by atoms with van der Waals surface area (Å²) in [6, 6.07) is 4.79. The van der Waals surface area contributed by atoms with E-state index in [0.717, 1.165) is 12.0 Å². The van der Waals surface area contributed by atoms with Gasteiger partial charge in [-0.05, 0) is 25.0 Å². The Hall–Kier alpha value is -1.06. The van der Waals surface area contributed by atoms with E-state index in [2.05, 4.69) is 0 Å². The van der Waals surface area contributed by atoms with Crippen molar-refractivity contribution in [1.29, 1.82) is 0 Å². The van der Waals surface area contributed by atoms with Gasteiger partial charge in [-0.25, -0.2) is 0 Å². The van der Waals surface area contributed by atoms with E-state index >= 15 is 0 Å². The fourth-order valence-corrected chi connectivity index (χ4v) is 1.35. The molecular weight excluding hydrogens is 178 g/mol. The highest BCUT2D eigenvalue weighted by Gasteiger charge is 2.15. The maximum Gasteiger partial charge on any atom is 0.120 e. The quantitative estimate of drug-likeness (QED) is 0.681. The second-order valence-electron chi connectivity index (χ2n) is 3.51. The van der Waals surface area contributed by atoms with E-state index in [4.69, 9.17) is 5.73 Å². The van der Waals surface area contributed by atoms with Crippen LogP contribution in [-0.2, 0) is 6.42 Å². The average molecular weight is 195 g/mol. The molecule has 0 aliphatic rings. The van der Waals surface area contributed by atoms with Crippen molar-refractivity contribution in [2.45, 2.75) is 32.4 Å². The summed E-state index contributed by atoms with van der Waals surface area (Å²) in [6.07, 6.45) is 0.229. The maximum absolute atomic E-state index is 9.56. The van der Waals surface area contributed by atoms with Gasteiger partial charge in [0.25, 0.3) is 0 Å². The molecule has 3 nitrogen and oxygen atoms in total. The van der Waals surface area contributed by atoms with Gasteiger partial charge in [-0.15, -0.1) is 0 Å². The molecule has 14 heavy (non-hydrogen) atoms. The highest BCUT2D eigenvalue weighted by atomic mass is 16.3. The molecule has 0 saturated carbocycles. The lowest BCUT2D eigenvalue weighted by Gasteiger charge is -2.17. The van der Waals surface area contributed by atoms with Gasteiger partial charge >= 0.3 is 0 Å². The van der Waals surface area contributed by atoms with Crippen LogP contribution >= 0.6 is 0 Å². The number of nitrogens with two attached hydrogens (primary N) is 1. The Kier molecular flexibility index (Phi) is 3.49. The largest absolute Gasteiger partial charge is 0.508 e. The lowest BCUT2D eigenvalue weighted by Crippen LogP contribution is -2.23. The minimum Gasteiger partial charge on any atom is -0.508 e. The molecule has 0 heterocycles. The number of hydrogen-bond acceptors (Lipinski definition) is 3. The summed E-state index contributed by atoms with van der Waals surface area (Å²) in [5.41, 5.74) is 7.47. The molecule has 0 aromatic heterocycles. The van der Waals surface area contributed by atoms with Crippen LogP contribution in [0.1, 0.15) is 31.0 Å². The number of aryl methyl sites for hydroxylation is 1. The molecular formula is C11H17NO2. The number of rotatable bonds is 3. The van der Waals surface area contributed by atoms with Crippen LogP contribution in [0.5, 0.6) is 5.75 Å². The van der Waals surface area contributed by atoms with Crippen molar-refractivity contribution in [2.75, 3.05) is 0 Å². The Morgan fingerprint density at radius 2 is 2.07 bits per heavy atom. The van der Waals surface area contributed by atoms with E-state index in [1.165, 1.54) is 0 Å². The van der Waals surface area contributed by atoms with Crippen molar-refractivity contribution < 1.29 is 10.2 Å². The van der Waals surface area contributed by atoms with Crippen LogP contribution in [0.3, 0.4) is 0 Å². The molecule has 0 aliphatic heterocycles. The lowest BCUT2D eigenvalue weighted by molar-refractivity contribution is 0.163. The molecule has 0 bridgehead atoms. The molecule has 78 valence electrons. The topological polar surface area (TPSA) is 66.5 Å². The third kappa shape index (κ3) is 2.25. The molecule has 1 rings (SSSR count). The predicted octanol–water partition coefficient (Wildman–Crippen LogP) is 1.34. The van der Waals surface area contributed by atoms with Crippen LogP contribution in [0.15, 0.2) is 18.2 Å². The van der Waals surface area contributed by atoms with Crippen molar-refractivity contribution in [1.82, 2.24) is 0 Å². The predicted molar refractivity (Wildman–Crippen MR) is 56.1 cm³/mol. The summed E-state index contributed by atoms with van der Waals surface area (Å²) < 4.78 is 0. The van der Waals surface area contributed by atoms with Gasteiger partial charge in [-0.2, -0.15) is 0 Å². The van der Waals surface area contributed by atoms with E-state index in [9.17, 15) is 10.2 Å². The van der Waals surface area contributed by atoms with Crippen LogP contribution in [-0.4, -0.2) is 16.3 Å². The maximum atomic E-state index is 9.56. The van der Waals surface area contributed by atoms with E-state index in [1.807, 2.05) is 19.1 Å². The van der Waals surface area contributed by atoms with Gasteiger partial charge in [0, 0.05) is 5.56 Å². The zero-order valence-electron chi connectivity index (χ0n) is 8.57. The van der Waals surface area contributed by atoms with Crippen molar-refractivity contribution >= 4 is 0 Å². The van der Waals surface area contributed by atoms with Crippen molar-refractivity contribution in [3.63, 3.8) is 0 Å². The summed E-state index contributed by atoms with van der Waals surface area (Å²) in [5, 5.41) is 18.9. The molecule has 0 unspecified atom stereocenters. The van der Waals surface area contributed by atoms with Crippen LogP contribution < -0.4 is 5.73 Å². The van der Waals surface area contributed by atoms with Crippen LogP contribution in [0.25, 0.3) is 0 Å². The van der Waals surface area contributed by atoms with Gasteiger partial charge in [0.15, 0.2) is 0 Å². The third-order valence-electron chi connectivity index (χ3n) is 2.38. The number of hydrogen-bond donors (Lipinski definition) is 3. The highest BCUT2D eigenvalue weighted by Crippen LogP contribution is 2.26. The molecule has 0 spiro atoms. The van der Waals surface area contributed by atoms with E-state index in [0.29, 0.717) is 5.56 Å². The molecule has 1 aromatic carbocycles. The Morgan fingerprint density at radius 1 is 1.43 bits per heavy atom. The summed E-state index contributed by atoms with van der Waals surface area (Å²) in [4.78, 5) is 0. The SMILES string of the molecule is CCc1ccc(O)c([C@H](N)[C@@H](C)O)c1. The molecule has 0 radical (unpaired) electrons. The average Bonchev–Trinajstić information content (AvgIpc) is 2.17. The van der Waals surface area contributed by atoms with E-state index in [-0.39, 0.29) is 5.75 Å².